The van der Waals surface area contributed by atoms with Crippen molar-refractivity contribution < 1.29 is 17.9 Å². The van der Waals surface area contributed by atoms with Crippen LogP contribution in [0.4, 0.5) is 5.69 Å². The number of carbonyl (C=O) groups is 1. The SMILES string of the molecule is COC[C@@H](C)NS(=O)(=O)c1ccc(C(=O)Nc2cccc(SC)c2)cc1. The predicted molar refractivity (Wildman–Crippen MR) is 104 cm³/mol. The summed E-state index contributed by atoms with van der Waals surface area (Å²) in [6.07, 6.45) is 1.96. The van der Waals surface area contributed by atoms with Gasteiger partial charge in [0.15, 0.2) is 0 Å². The molecule has 0 bridgehead atoms. The second-order valence-corrected chi connectivity index (χ2v) is 8.28. The normalized spacial score (nSPS) is 12.6. The van der Waals surface area contributed by atoms with Crippen LogP contribution in [0.5, 0.6) is 0 Å². The van der Waals surface area contributed by atoms with E-state index in [1.54, 1.807) is 24.8 Å². The van der Waals surface area contributed by atoms with Crippen molar-refractivity contribution in [2.24, 2.45) is 0 Å². The van der Waals surface area contributed by atoms with Gasteiger partial charge in [0.05, 0.1) is 11.5 Å². The van der Waals surface area contributed by atoms with E-state index >= 15 is 0 Å². The van der Waals surface area contributed by atoms with Gasteiger partial charge in [-0.2, -0.15) is 0 Å². The standard InChI is InChI=1S/C18H22N2O4S2/c1-13(12-24-2)20-26(22,23)17-9-7-14(8-10-17)18(21)19-15-5-4-6-16(11-15)25-3/h4-11,13,20H,12H2,1-3H3,(H,19,21)/t13-/m1/s1. The molecule has 0 saturated heterocycles. The maximum atomic E-state index is 12.3. The Morgan fingerprint density at radius 3 is 2.50 bits per heavy atom. The summed E-state index contributed by atoms with van der Waals surface area (Å²) in [5.74, 6) is -0.298. The molecule has 8 heteroatoms. The lowest BCUT2D eigenvalue weighted by Gasteiger charge is -2.13. The zero-order chi connectivity index (χ0) is 19.2. The van der Waals surface area contributed by atoms with Gasteiger partial charge in [-0.25, -0.2) is 13.1 Å². The number of anilines is 1. The van der Waals surface area contributed by atoms with Crippen LogP contribution >= 0.6 is 11.8 Å². The Morgan fingerprint density at radius 1 is 1.19 bits per heavy atom. The van der Waals surface area contributed by atoms with Gasteiger partial charge < -0.3 is 10.1 Å². The van der Waals surface area contributed by atoms with Crippen LogP contribution in [0.1, 0.15) is 17.3 Å². The third kappa shape index (κ3) is 5.57. The highest BCUT2D eigenvalue weighted by molar-refractivity contribution is 7.98. The minimum Gasteiger partial charge on any atom is -0.383 e. The van der Waals surface area contributed by atoms with Crippen molar-refractivity contribution in [2.45, 2.75) is 22.8 Å². The first-order valence-electron chi connectivity index (χ1n) is 7.92. The van der Waals surface area contributed by atoms with Crippen LogP contribution in [-0.4, -0.2) is 40.3 Å². The first kappa shape index (κ1) is 20.4. The molecule has 1 amide bonds. The smallest absolute Gasteiger partial charge is 0.255 e. The minimum absolute atomic E-state index is 0.0985. The van der Waals surface area contributed by atoms with Crippen molar-refractivity contribution in [3.63, 3.8) is 0 Å². The number of amides is 1. The van der Waals surface area contributed by atoms with Gasteiger partial charge in [0.25, 0.3) is 5.91 Å². The summed E-state index contributed by atoms with van der Waals surface area (Å²) in [4.78, 5) is 13.5. The zero-order valence-electron chi connectivity index (χ0n) is 14.9. The Bertz CT molecular complexity index is 852. The molecular formula is C18H22N2O4S2. The summed E-state index contributed by atoms with van der Waals surface area (Å²) in [7, 11) is -2.15. The third-order valence-electron chi connectivity index (χ3n) is 3.53. The van der Waals surface area contributed by atoms with Gasteiger partial charge in [0.1, 0.15) is 0 Å². The molecule has 2 aromatic carbocycles. The maximum absolute atomic E-state index is 12.3. The Balaban J connectivity index is 2.09. The molecule has 0 heterocycles. The molecule has 2 rings (SSSR count). The van der Waals surface area contributed by atoms with E-state index in [2.05, 4.69) is 10.0 Å². The van der Waals surface area contributed by atoms with Crippen LogP contribution in [0.25, 0.3) is 0 Å². The molecule has 26 heavy (non-hydrogen) atoms. The zero-order valence-corrected chi connectivity index (χ0v) is 16.5. The van der Waals surface area contributed by atoms with Crippen molar-refractivity contribution in [3.05, 3.63) is 54.1 Å². The molecule has 0 fully saturated rings. The van der Waals surface area contributed by atoms with E-state index in [-0.39, 0.29) is 23.5 Å². The number of sulfonamides is 1. The average molecular weight is 395 g/mol. The van der Waals surface area contributed by atoms with Crippen molar-refractivity contribution in [1.29, 1.82) is 0 Å². The number of thioether (sulfide) groups is 1. The van der Waals surface area contributed by atoms with E-state index in [1.807, 2.05) is 24.5 Å². The fourth-order valence-corrected chi connectivity index (χ4v) is 3.99. The Hall–Kier alpha value is -1.87. The summed E-state index contributed by atoms with van der Waals surface area (Å²) in [5.41, 5.74) is 1.07. The highest BCUT2D eigenvalue weighted by Gasteiger charge is 2.18. The monoisotopic (exact) mass is 394 g/mol. The lowest BCUT2D eigenvalue weighted by molar-refractivity contribution is 0.102. The maximum Gasteiger partial charge on any atom is 0.255 e. The second-order valence-electron chi connectivity index (χ2n) is 5.69. The second kappa shape index (κ2) is 9.18. The molecule has 140 valence electrons. The molecule has 0 aromatic heterocycles. The van der Waals surface area contributed by atoms with Gasteiger partial charge in [-0.3, -0.25) is 4.79 Å². The lowest BCUT2D eigenvalue weighted by Crippen LogP contribution is -2.35. The number of benzene rings is 2. The summed E-state index contributed by atoms with van der Waals surface area (Å²) in [5, 5.41) is 2.81. The molecule has 0 spiro atoms. The highest BCUT2D eigenvalue weighted by Crippen LogP contribution is 2.20. The van der Waals surface area contributed by atoms with E-state index in [9.17, 15) is 13.2 Å². The summed E-state index contributed by atoms with van der Waals surface area (Å²) >= 11 is 1.58. The molecule has 2 N–H and O–H groups in total. The Labute approximate surface area is 158 Å². The van der Waals surface area contributed by atoms with Crippen molar-refractivity contribution in [2.75, 3.05) is 25.3 Å². The summed E-state index contributed by atoms with van der Waals surface area (Å²) < 4.78 is 32.0. The number of nitrogens with one attached hydrogen (secondary N) is 2. The first-order chi connectivity index (χ1) is 12.4. The van der Waals surface area contributed by atoms with E-state index in [1.165, 1.54) is 31.4 Å². The Morgan fingerprint density at radius 2 is 1.88 bits per heavy atom. The molecule has 0 saturated carbocycles. The van der Waals surface area contributed by atoms with Crippen LogP contribution in [0, 0.1) is 0 Å². The number of hydrogen-bond donors (Lipinski definition) is 2. The molecular weight excluding hydrogens is 372 g/mol. The van der Waals surface area contributed by atoms with E-state index in [0.29, 0.717) is 11.3 Å². The summed E-state index contributed by atoms with van der Waals surface area (Å²) in [6, 6.07) is 13.0. The van der Waals surface area contributed by atoms with Gasteiger partial charge in [0, 0.05) is 29.3 Å². The largest absolute Gasteiger partial charge is 0.383 e. The minimum atomic E-state index is -3.66. The van der Waals surface area contributed by atoms with E-state index in [0.717, 1.165) is 4.90 Å². The van der Waals surface area contributed by atoms with E-state index < -0.39 is 10.0 Å². The number of carbonyl (C=O) groups excluding carboxylic acids is 1. The van der Waals surface area contributed by atoms with E-state index in [4.69, 9.17) is 4.74 Å². The highest BCUT2D eigenvalue weighted by atomic mass is 32.2. The van der Waals surface area contributed by atoms with Crippen LogP contribution in [0.2, 0.25) is 0 Å². The molecule has 0 unspecified atom stereocenters. The van der Waals surface area contributed by atoms with Gasteiger partial charge in [0.2, 0.25) is 10.0 Å². The number of rotatable bonds is 8. The van der Waals surface area contributed by atoms with Crippen molar-refractivity contribution >= 4 is 33.4 Å². The quantitative estimate of drug-likeness (QED) is 0.673. The van der Waals surface area contributed by atoms with Crippen molar-refractivity contribution in [3.8, 4) is 0 Å². The van der Waals surface area contributed by atoms with Crippen LogP contribution in [0.3, 0.4) is 0 Å². The predicted octanol–water partition coefficient (Wildman–Crippen LogP) is 2.97. The molecule has 0 aliphatic heterocycles. The summed E-state index contributed by atoms with van der Waals surface area (Å²) in [6.45, 7) is 1.99. The number of hydrogen-bond acceptors (Lipinski definition) is 5. The van der Waals surface area contributed by atoms with Crippen LogP contribution in [0.15, 0.2) is 58.3 Å². The van der Waals surface area contributed by atoms with Crippen LogP contribution in [-0.2, 0) is 14.8 Å². The topological polar surface area (TPSA) is 84.5 Å². The molecule has 1 atom stereocenters. The molecule has 0 radical (unpaired) electrons. The van der Waals surface area contributed by atoms with Gasteiger partial charge in [-0.1, -0.05) is 6.07 Å². The van der Waals surface area contributed by atoms with Crippen LogP contribution < -0.4 is 10.0 Å². The average Bonchev–Trinajstić information content (AvgIpc) is 2.61. The van der Waals surface area contributed by atoms with Gasteiger partial charge >= 0.3 is 0 Å². The molecule has 2 aromatic rings. The fraction of sp³-hybridized carbons (Fsp3) is 0.278. The molecule has 0 aliphatic carbocycles. The third-order valence-corrected chi connectivity index (χ3v) is 5.86. The lowest BCUT2D eigenvalue weighted by atomic mass is 10.2. The van der Waals surface area contributed by atoms with Crippen molar-refractivity contribution in [1.82, 2.24) is 4.72 Å². The number of methoxy groups -OCH3 is 1. The number of ether oxygens (including phenoxy) is 1. The first-order valence-corrected chi connectivity index (χ1v) is 10.6. The van der Waals surface area contributed by atoms with Gasteiger partial charge in [-0.15, -0.1) is 11.8 Å². The molecule has 6 nitrogen and oxygen atoms in total. The molecule has 0 aliphatic rings. The Kier molecular flexibility index (Phi) is 7.22. The fourth-order valence-electron chi connectivity index (χ4n) is 2.31. The van der Waals surface area contributed by atoms with Gasteiger partial charge in [-0.05, 0) is 55.6 Å².